The van der Waals surface area contributed by atoms with E-state index in [-0.39, 0.29) is 17.2 Å². The van der Waals surface area contributed by atoms with Crippen molar-refractivity contribution in [2.24, 2.45) is 0 Å². The van der Waals surface area contributed by atoms with E-state index in [2.05, 4.69) is 4.72 Å². The fourth-order valence-corrected chi connectivity index (χ4v) is 3.98. The molecule has 20 heavy (non-hydrogen) atoms. The molecular formula is C13H14ClNO3S2. The van der Waals surface area contributed by atoms with E-state index >= 15 is 0 Å². The van der Waals surface area contributed by atoms with Gasteiger partial charge in [0, 0.05) is 11.6 Å². The van der Waals surface area contributed by atoms with Crippen molar-refractivity contribution < 1.29 is 13.5 Å². The van der Waals surface area contributed by atoms with Gasteiger partial charge in [-0.3, -0.25) is 0 Å². The van der Waals surface area contributed by atoms with Gasteiger partial charge in [-0.05, 0) is 35.6 Å². The zero-order valence-corrected chi connectivity index (χ0v) is 12.9. The number of halogens is 1. The predicted octanol–water partition coefficient (Wildman–Crippen LogP) is 2.80. The van der Waals surface area contributed by atoms with Crippen molar-refractivity contribution in [2.75, 3.05) is 6.54 Å². The summed E-state index contributed by atoms with van der Waals surface area (Å²) in [5.41, 5.74) is 0.674. The van der Waals surface area contributed by atoms with Crippen LogP contribution < -0.4 is 4.72 Å². The molecule has 0 spiro atoms. The Balaban J connectivity index is 1.90. The van der Waals surface area contributed by atoms with E-state index in [1.807, 2.05) is 0 Å². The average Bonchev–Trinajstić information content (AvgIpc) is 2.93. The van der Waals surface area contributed by atoms with Gasteiger partial charge in [0.15, 0.2) is 0 Å². The molecule has 1 aromatic carbocycles. The van der Waals surface area contributed by atoms with Crippen molar-refractivity contribution in [2.45, 2.75) is 16.7 Å². The van der Waals surface area contributed by atoms with E-state index in [0.29, 0.717) is 10.6 Å². The molecule has 1 atom stereocenters. The first-order valence-corrected chi connectivity index (χ1v) is 8.70. The minimum Gasteiger partial charge on any atom is -0.388 e. The zero-order chi connectivity index (χ0) is 14.6. The maximum absolute atomic E-state index is 11.9. The van der Waals surface area contributed by atoms with Crippen LogP contribution in [0.3, 0.4) is 0 Å². The molecule has 0 saturated carbocycles. The molecule has 0 fully saturated rings. The summed E-state index contributed by atoms with van der Waals surface area (Å²) < 4.78 is 26.5. The van der Waals surface area contributed by atoms with Gasteiger partial charge in [-0.25, -0.2) is 13.1 Å². The van der Waals surface area contributed by atoms with E-state index in [0.717, 1.165) is 11.3 Å². The van der Waals surface area contributed by atoms with E-state index in [9.17, 15) is 13.5 Å². The first-order chi connectivity index (χ1) is 9.49. The minimum atomic E-state index is -3.47. The molecule has 0 aliphatic carbocycles. The van der Waals surface area contributed by atoms with Crippen LogP contribution in [-0.2, 0) is 10.0 Å². The Labute approximate surface area is 127 Å². The van der Waals surface area contributed by atoms with Crippen LogP contribution in [0.4, 0.5) is 0 Å². The lowest BCUT2D eigenvalue weighted by atomic mass is 10.1. The first-order valence-electron chi connectivity index (χ1n) is 5.96. The Morgan fingerprint density at radius 1 is 1.30 bits per heavy atom. The monoisotopic (exact) mass is 331 g/mol. The Kier molecular flexibility index (Phi) is 5.17. The average molecular weight is 332 g/mol. The Morgan fingerprint density at radius 2 is 2.10 bits per heavy atom. The predicted molar refractivity (Wildman–Crippen MR) is 80.5 cm³/mol. The molecule has 2 aromatic rings. The molecule has 7 heteroatoms. The summed E-state index contributed by atoms with van der Waals surface area (Å²) >= 11 is 7.00. The van der Waals surface area contributed by atoms with Crippen molar-refractivity contribution in [1.82, 2.24) is 4.72 Å². The largest absolute Gasteiger partial charge is 0.388 e. The van der Waals surface area contributed by atoms with Crippen LogP contribution in [0.5, 0.6) is 0 Å². The number of rotatable bonds is 6. The van der Waals surface area contributed by atoms with Gasteiger partial charge in [0.25, 0.3) is 0 Å². The fraction of sp³-hybridized carbons (Fsp3) is 0.231. The van der Waals surface area contributed by atoms with Crippen molar-refractivity contribution in [3.05, 3.63) is 52.4 Å². The number of sulfonamides is 1. The highest BCUT2D eigenvalue weighted by atomic mass is 35.5. The smallest absolute Gasteiger partial charge is 0.250 e. The van der Waals surface area contributed by atoms with Gasteiger partial charge in [-0.1, -0.05) is 29.8 Å². The summed E-state index contributed by atoms with van der Waals surface area (Å²) in [4.78, 5) is 0. The normalized spacial score (nSPS) is 13.3. The number of hydrogen-bond acceptors (Lipinski definition) is 4. The summed E-state index contributed by atoms with van der Waals surface area (Å²) in [5.74, 6) is 0. The molecule has 4 nitrogen and oxygen atoms in total. The van der Waals surface area contributed by atoms with Crippen LogP contribution in [0.1, 0.15) is 18.1 Å². The molecule has 2 N–H and O–H groups in total. The molecular weight excluding hydrogens is 318 g/mol. The van der Waals surface area contributed by atoms with Gasteiger partial charge in [0.05, 0.1) is 6.10 Å². The number of thiophene rings is 1. The topological polar surface area (TPSA) is 66.4 Å². The van der Waals surface area contributed by atoms with Crippen molar-refractivity contribution in [3.8, 4) is 0 Å². The standard InChI is InChI=1S/C13H14ClNO3S2/c14-11-4-1-3-10(9-11)12(16)6-7-15-20(17,18)13-5-2-8-19-13/h1-5,8-9,12,15-16H,6-7H2/t12-/m1/s1. The maximum atomic E-state index is 11.9. The number of hydrogen-bond donors (Lipinski definition) is 2. The number of nitrogens with one attached hydrogen (secondary N) is 1. The highest BCUT2D eigenvalue weighted by Gasteiger charge is 2.15. The van der Waals surface area contributed by atoms with Crippen LogP contribution in [-0.4, -0.2) is 20.1 Å². The molecule has 1 aromatic heterocycles. The first kappa shape index (κ1) is 15.5. The molecule has 2 rings (SSSR count). The van der Waals surface area contributed by atoms with Crippen LogP contribution in [0.25, 0.3) is 0 Å². The van der Waals surface area contributed by atoms with E-state index in [1.165, 1.54) is 0 Å². The zero-order valence-electron chi connectivity index (χ0n) is 10.5. The van der Waals surface area contributed by atoms with Gasteiger partial charge in [-0.15, -0.1) is 11.3 Å². The molecule has 0 aliphatic rings. The van der Waals surface area contributed by atoms with Crippen LogP contribution in [0, 0.1) is 0 Å². The second-order valence-electron chi connectivity index (χ2n) is 4.19. The lowest BCUT2D eigenvalue weighted by Gasteiger charge is -2.11. The maximum Gasteiger partial charge on any atom is 0.250 e. The lowest BCUT2D eigenvalue weighted by Crippen LogP contribution is -2.25. The number of benzene rings is 1. The van der Waals surface area contributed by atoms with Gasteiger partial charge in [0.2, 0.25) is 10.0 Å². The lowest BCUT2D eigenvalue weighted by molar-refractivity contribution is 0.169. The van der Waals surface area contributed by atoms with Gasteiger partial charge in [-0.2, -0.15) is 0 Å². The van der Waals surface area contributed by atoms with Crippen LogP contribution in [0.15, 0.2) is 46.0 Å². The summed E-state index contributed by atoms with van der Waals surface area (Å²) in [7, 11) is -3.47. The minimum absolute atomic E-state index is 0.161. The third-order valence-electron chi connectivity index (χ3n) is 2.70. The molecule has 0 saturated heterocycles. The van der Waals surface area contributed by atoms with E-state index in [1.54, 1.807) is 41.8 Å². The summed E-state index contributed by atoms with van der Waals surface area (Å²) in [5, 5.41) is 12.2. The highest BCUT2D eigenvalue weighted by Crippen LogP contribution is 2.20. The summed E-state index contributed by atoms with van der Waals surface area (Å²) in [6, 6.07) is 10.1. The second kappa shape index (κ2) is 6.69. The van der Waals surface area contributed by atoms with Crippen LogP contribution >= 0.6 is 22.9 Å². The van der Waals surface area contributed by atoms with Crippen molar-refractivity contribution >= 4 is 33.0 Å². The van der Waals surface area contributed by atoms with Gasteiger partial charge in [0.1, 0.15) is 4.21 Å². The quantitative estimate of drug-likeness (QED) is 0.855. The molecule has 0 radical (unpaired) electrons. The SMILES string of the molecule is O=S(=O)(NCC[C@@H](O)c1cccc(Cl)c1)c1cccs1. The second-order valence-corrected chi connectivity index (χ2v) is 7.57. The summed E-state index contributed by atoms with van der Waals surface area (Å²) in [6.07, 6.45) is -0.468. The Hall–Kier alpha value is -0.920. The van der Waals surface area contributed by atoms with Gasteiger partial charge >= 0.3 is 0 Å². The molecule has 0 amide bonds. The van der Waals surface area contributed by atoms with Crippen molar-refractivity contribution in [3.63, 3.8) is 0 Å². The molecule has 0 unspecified atom stereocenters. The third kappa shape index (κ3) is 4.04. The third-order valence-corrected chi connectivity index (χ3v) is 5.80. The molecule has 0 aliphatic heterocycles. The number of aliphatic hydroxyl groups excluding tert-OH is 1. The van der Waals surface area contributed by atoms with Crippen molar-refractivity contribution in [1.29, 1.82) is 0 Å². The Morgan fingerprint density at radius 3 is 2.75 bits per heavy atom. The molecule has 108 valence electrons. The molecule has 1 heterocycles. The molecule has 0 bridgehead atoms. The van der Waals surface area contributed by atoms with E-state index < -0.39 is 16.1 Å². The number of aliphatic hydroxyl groups is 1. The van der Waals surface area contributed by atoms with Gasteiger partial charge < -0.3 is 5.11 Å². The summed E-state index contributed by atoms with van der Waals surface area (Å²) in [6.45, 7) is 0.161. The van der Waals surface area contributed by atoms with E-state index in [4.69, 9.17) is 11.6 Å². The Bertz CT molecular complexity index is 656. The highest BCUT2D eigenvalue weighted by molar-refractivity contribution is 7.91. The fourth-order valence-electron chi connectivity index (χ4n) is 1.70. The van der Waals surface area contributed by atoms with Crippen LogP contribution in [0.2, 0.25) is 5.02 Å².